The molecule has 130 valence electrons. The summed E-state index contributed by atoms with van der Waals surface area (Å²) in [4.78, 5) is 23.1. The maximum atomic E-state index is 11.8. The first-order chi connectivity index (χ1) is 12.6. The van der Waals surface area contributed by atoms with Crippen molar-refractivity contribution in [1.82, 2.24) is 25.6 Å². The number of non-ortho nitro benzene ring substituents is 1. The van der Waals surface area contributed by atoms with E-state index >= 15 is 0 Å². The van der Waals surface area contributed by atoms with Gasteiger partial charge in [-0.3, -0.25) is 14.9 Å². The summed E-state index contributed by atoms with van der Waals surface area (Å²) in [5.74, 6) is -0.00652. The molecule has 0 aliphatic carbocycles. The van der Waals surface area contributed by atoms with Crippen LogP contribution >= 0.6 is 0 Å². The summed E-state index contributed by atoms with van der Waals surface area (Å²) in [6.07, 6.45) is 1.38. The lowest BCUT2D eigenvalue weighted by molar-refractivity contribution is -0.384. The van der Waals surface area contributed by atoms with Crippen LogP contribution in [0, 0.1) is 10.1 Å². The lowest BCUT2D eigenvalue weighted by atomic mass is 10.2. The lowest BCUT2D eigenvalue weighted by Crippen LogP contribution is -2.24. The third-order valence-electron chi connectivity index (χ3n) is 3.28. The van der Waals surface area contributed by atoms with Gasteiger partial charge in [-0.05, 0) is 22.9 Å². The first-order valence-electron chi connectivity index (χ1n) is 7.51. The Morgan fingerprint density at radius 2 is 1.92 bits per heavy atom. The summed E-state index contributed by atoms with van der Waals surface area (Å²) in [5, 5.41) is 26.2. The highest BCUT2D eigenvalue weighted by Crippen LogP contribution is 2.12. The van der Waals surface area contributed by atoms with E-state index < -0.39 is 10.8 Å². The van der Waals surface area contributed by atoms with Gasteiger partial charge in [0.1, 0.15) is 6.54 Å². The average molecular weight is 351 g/mol. The van der Waals surface area contributed by atoms with Gasteiger partial charge in [0, 0.05) is 17.7 Å². The van der Waals surface area contributed by atoms with E-state index in [1.54, 1.807) is 0 Å². The van der Waals surface area contributed by atoms with E-state index in [-0.39, 0.29) is 12.2 Å². The second-order valence-electron chi connectivity index (χ2n) is 5.15. The molecule has 0 fully saturated rings. The van der Waals surface area contributed by atoms with E-state index in [1.165, 1.54) is 35.3 Å². The number of tetrazole rings is 1. The molecule has 0 atom stereocenters. The van der Waals surface area contributed by atoms with Crippen molar-refractivity contribution in [3.63, 3.8) is 0 Å². The number of hydrogen-bond donors (Lipinski definition) is 1. The Hall–Kier alpha value is -3.95. The molecule has 1 aromatic heterocycles. The lowest BCUT2D eigenvalue weighted by Gasteiger charge is -1.98. The molecule has 0 bridgehead atoms. The van der Waals surface area contributed by atoms with Crippen molar-refractivity contribution in [3.05, 3.63) is 70.3 Å². The fraction of sp³-hybridized carbons (Fsp3) is 0.0625. The van der Waals surface area contributed by atoms with Crippen LogP contribution in [0.15, 0.2) is 59.7 Å². The number of carbonyl (C=O) groups is 1. The van der Waals surface area contributed by atoms with Gasteiger partial charge in [0.2, 0.25) is 5.82 Å². The Labute approximate surface area is 147 Å². The average Bonchev–Trinajstić information content (AvgIpc) is 3.11. The summed E-state index contributed by atoms with van der Waals surface area (Å²) < 4.78 is 0. The van der Waals surface area contributed by atoms with Crippen LogP contribution < -0.4 is 5.43 Å². The summed E-state index contributed by atoms with van der Waals surface area (Å²) in [7, 11) is 0. The maximum Gasteiger partial charge on any atom is 0.269 e. The van der Waals surface area contributed by atoms with Crippen molar-refractivity contribution in [1.29, 1.82) is 0 Å². The molecule has 26 heavy (non-hydrogen) atoms. The van der Waals surface area contributed by atoms with Gasteiger partial charge < -0.3 is 0 Å². The molecule has 0 aliphatic rings. The molecule has 1 amide bonds. The standard InChI is InChI=1S/C16H13N7O3/c24-15(18-17-10-12-6-8-14(9-7-12)23(25)26)11-22-20-16(19-21-22)13-4-2-1-3-5-13/h1-10H,11H2,(H,18,24)/b17-10+. The van der Waals surface area contributed by atoms with E-state index in [0.717, 1.165) is 5.56 Å². The zero-order chi connectivity index (χ0) is 18.4. The fourth-order valence-corrected chi connectivity index (χ4v) is 2.04. The largest absolute Gasteiger partial charge is 0.271 e. The molecule has 1 N–H and O–H groups in total. The molecule has 10 nitrogen and oxygen atoms in total. The topological polar surface area (TPSA) is 128 Å². The minimum absolute atomic E-state index is 0.0161. The van der Waals surface area contributed by atoms with Gasteiger partial charge in [0.25, 0.3) is 11.6 Å². The quantitative estimate of drug-likeness (QED) is 0.406. The summed E-state index contributed by atoms with van der Waals surface area (Å²) in [6.45, 7) is -0.141. The van der Waals surface area contributed by atoms with Crippen molar-refractivity contribution in [2.45, 2.75) is 6.54 Å². The van der Waals surface area contributed by atoms with Crippen LogP contribution in [0.25, 0.3) is 11.4 Å². The summed E-state index contributed by atoms with van der Waals surface area (Å²) in [5.41, 5.74) is 3.73. The van der Waals surface area contributed by atoms with Gasteiger partial charge in [-0.25, -0.2) is 5.43 Å². The fourth-order valence-electron chi connectivity index (χ4n) is 2.04. The van der Waals surface area contributed by atoms with E-state index in [9.17, 15) is 14.9 Å². The van der Waals surface area contributed by atoms with Gasteiger partial charge in [-0.15, -0.1) is 10.2 Å². The zero-order valence-corrected chi connectivity index (χ0v) is 13.4. The SMILES string of the molecule is O=C(Cn1nnc(-c2ccccc2)n1)N/N=C/c1ccc([N+](=O)[O-])cc1. The van der Waals surface area contributed by atoms with E-state index in [4.69, 9.17) is 0 Å². The number of nitrogens with zero attached hydrogens (tertiary/aromatic N) is 6. The zero-order valence-electron chi connectivity index (χ0n) is 13.4. The number of amides is 1. The summed E-state index contributed by atoms with van der Waals surface area (Å²) >= 11 is 0. The predicted molar refractivity (Wildman–Crippen MR) is 92.1 cm³/mol. The highest BCUT2D eigenvalue weighted by molar-refractivity contribution is 5.82. The Bertz CT molecular complexity index is 936. The van der Waals surface area contributed by atoms with Gasteiger partial charge in [0.15, 0.2) is 0 Å². The van der Waals surface area contributed by atoms with Crippen LogP contribution in [-0.2, 0) is 11.3 Å². The normalized spacial score (nSPS) is 10.8. The third kappa shape index (κ3) is 4.32. The van der Waals surface area contributed by atoms with Crippen molar-refractivity contribution in [2.75, 3.05) is 0 Å². The molecule has 3 aromatic rings. The first-order valence-corrected chi connectivity index (χ1v) is 7.51. The Kier molecular flexibility index (Phi) is 5.03. The molecule has 0 unspecified atom stereocenters. The Morgan fingerprint density at radius 3 is 2.62 bits per heavy atom. The maximum absolute atomic E-state index is 11.8. The van der Waals surface area contributed by atoms with Crippen molar-refractivity contribution >= 4 is 17.8 Å². The highest BCUT2D eigenvalue weighted by Gasteiger charge is 2.08. The number of nitro groups is 1. The number of nitrogens with one attached hydrogen (secondary N) is 1. The Balaban J connectivity index is 1.54. The smallest absolute Gasteiger partial charge is 0.269 e. The predicted octanol–water partition coefficient (Wildman–Crippen LogP) is 1.40. The molecule has 1 heterocycles. The van der Waals surface area contributed by atoms with Crippen LogP contribution in [0.5, 0.6) is 0 Å². The van der Waals surface area contributed by atoms with Gasteiger partial charge >= 0.3 is 0 Å². The van der Waals surface area contributed by atoms with Gasteiger partial charge in [-0.2, -0.15) is 9.90 Å². The van der Waals surface area contributed by atoms with Crippen LogP contribution in [0.1, 0.15) is 5.56 Å². The molecule has 0 spiro atoms. The van der Waals surface area contributed by atoms with Crippen molar-refractivity contribution in [3.8, 4) is 11.4 Å². The van der Waals surface area contributed by atoms with Gasteiger partial charge in [0.05, 0.1) is 11.1 Å². The molecular weight excluding hydrogens is 338 g/mol. The molecule has 0 aliphatic heterocycles. The molecule has 0 radical (unpaired) electrons. The number of carbonyl (C=O) groups excluding carboxylic acids is 1. The summed E-state index contributed by atoms with van der Waals surface area (Å²) in [6, 6.07) is 15.0. The molecule has 10 heteroatoms. The molecule has 2 aromatic carbocycles. The molecule has 3 rings (SSSR count). The van der Waals surface area contributed by atoms with E-state index in [0.29, 0.717) is 11.4 Å². The first kappa shape index (κ1) is 16.9. The molecule has 0 saturated heterocycles. The van der Waals surface area contributed by atoms with Crippen LogP contribution in [0.2, 0.25) is 0 Å². The van der Waals surface area contributed by atoms with Gasteiger partial charge in [-0.1, -0.05) is 30.3 Å². The van der Waals surface area contributed by atoms with Crippen LogP contribution in [0.3, 0.4) is 0 Å². The Morgan fingerprint density at radius 1 is 1.19 bits per heavy atom. The third-order valence-corrected chi connectivity index (χ3v) is 3.28. The van der Waals surface area contributed by atoms with Crippen LogP contribution in [-0.4, -0.2) is 37.3 Å². The van der Waals surface area contributed by atoms with E-state index in [1.807, 2.05) is 30.3 Å². The number of hydrogen-bond acceptors (Lipinski definition) is 7. The monoisotopic (exact) mass is 351 g/mol. The molecular formula is C16H13N7O3. The highest BCUT2D eigenvalue weighted by atomic mass is 16.6. The number of nitro benzene ring substituents is 1. The van der Waals surface area contributed by atoms with E-state index in [2.05, 4.69) is 25.9 Å². The second-order valence-corrected chi connectivity index (χ2v) is 5.15. The second kappa shape index (κ2) is 7.75. The minimum atomic E-state index is -0.489. The van der Waals surface area contributed by atoms with Crippen molar-refractivity contribution < 1.29 is 9.72 Å². The number of hydrazone groups is 1. The molecule has 0 saturated carbocycles. The number of benzene rings is 2. The minimum Gasteiger partial charge on any atom is -0.271 e. The van der Waals surface area contributed by atoms with Crippen LogP contribution in [0.4, 0.5) is 5.69 Å². The van der Waals surface area contributed by atoms with Crippen molar-refractivity contribution in [2.24, 2.45) is 5.10 Å². The number of rotatable bonds is 6. The number of aromatic nitrogens is 4.